The second kappa shape index (κ2) is 4.34. The number of β-amino-alcohol motifs (C(OH)–C–C–N with tert-alkyl or cyclic N) is 1. The summed E-state index contributed by atoms with van der Waals surface area (Å²) >= 11 is 0. The molecule has 1 atom stereocenters. The molecule has 0 radical (unpaired) electrons. The molecule has 2 aliphatic heterocycles. The van der Waals surface area contributed by atoms with Gasteiger partial charge in [-0.1, -0.05) is 13.8 Å². The minimum absolute atomic E-state index is 0.0126. The average Bonchev–Trinajstić information content (AvgIpc) is 2.72. The molecule has 0 spiro atoms. The monoisotopic (exact) mass is 280 g/mol. The summed E-state index contributed by atoms with van der Waals surface area (Å²) in [6.45, 7) is 3.37. The van der Waals surface area contributed by atoms with Crippen LogP contribution in [0.4, 0.5) is 13.2 Å². The number of hydrogen-bond acceptors (Lipinski definition) is 3. The van der Waals surface area contributed by atoms with E-state index in [1.807, 2.05) is 0 Å². The normalized spacial score (nSPS) is 30.6. The molecule has 2 rings (SSSR count). The molecule has 0 aliphatic carbocycles. The van der Waals surface area contributed by atoms with Crippen molar-refractivity contribution in [3.8, 4) is 0 Å². The van der Waals surface area contributed by atoms with E-state index in [2.05, 4.69) is 5.32 Å². The molecule has 4 nitrogen and oxygen atoms in total. The fourth-order valence-corrected chi connectivity index (χ4v) is 2.66. The highest BCUT2D eigenvalue weighted by molar-refractivity contribution is 5.85. The van der Waals surface area contributed by atoms with E-state index < -0.39 is 23.1 Å². The first kappa shape index (κ1) is 14.6. The molecular weight excluding hydrogens is 261 g/mol. The van der Waals surface area contributed by atoms with Gasteiger partial charge in [0.25, 0.3) is 0 Å². The molecule has 110 valence electrons. The summed E-state index contributed by atoms with van der Waals surface area (Å²) in [4.78, 5) is 13.3. The summed E-state index contributed by atoms with van der Waals surface area (Å²) in [6.07, 6.45) is -4.79. The van der Waals surface area contributed by atoms with Crippen LogP contribution in [0, 0.1) is 11.3 Å². The average molecular weight is 280 g/mol. The van der Waals surface area contributed by atoms with Crippen molar-refractivity contribution in [3.05, 3.63) is 0 Å². The van der Waals surface area contributed by atoms with Crippen molar-refractivity contribution in [2.45, 2.75) is 32.0 Å². The molecule has 2 N–H and O–H groups in total. The zero-order chi connectivity index (χ0) is 14.5. The van der Waals surface area contributed by atoms with Crippen LogP contribution < -0.4 is 5.32 Å². The lowest BCUT2D eigenvalue weighted by Gasteiger charge is -2.51. The lowest BCUT2D eigenvalue weighted by atomic mass is 9.78. The van der Waals surface area contributed by atoms with Crippen molar-refractivity contribution >= 4 is 5.91 Å². The van der Waals surface area contributed by atoms with Gasteiger partial charge in [0.1, 0.15) is 5.60 Å². The van der Waals surface area contributed by atoms with Crippen LogP contribution in [-0.4, -0.2) is 53.9 Å². The molecule has 1 amide bonds. The molecule has 0 bridgehead atoms. The first-order chi connectivity index (χ1) is 8.62. The Morgan fingerprint density at radius 3 is 2.32 bits per heavy atom. The van der Waals surface area contributed by atoms with Gasteiger partial charge in [0.05, 0.1) is 13.1 Å². The number of nitrogens with one attached hydrogen (secondary N) is 1. The van der Waals surface area contributed by atoms with Crippen molar-refractivity contribution in [2.75, 3.05) is 26.2 Å². The Balaban J connectivity index is 2.12. The molecular formula is C12H19F3N2O2. The minimum atomic E-state index is -4.56. The molecule has 2 heterocycles. The Labute approximate surface area is 110 Å². The van der Waals surface area contributed by atoms with E-state index in [4.69, 9.17) is 0 Å². The Kier molecular flexibility index (Phi) is 3.33. The molecule has 7 heteroatoms. The number of likely N-dealkylation sites (tertiary alicyclic amines) is 1. The third-order valence-electron chi connectivity index (χ3n) is 4.40. The highest BCUT2D eigenvalue weighted by atomic mass is 19.4. The SMILES string of the molecule is CC(C)C1(O)CN(C(=O)C2(C(F)(F)F)CCNC2)C1. The van der Waals surface area contributed by atoms with Crippen molar-refractivity contribution in [1.82, 2.24) is 10.2 Å². The maximum Gasteiger partial charge on any atom is 0.404 e. The lowest BCUT2D eigenvalue weighted by Crippen LogP contribution is -2.69. The predicted octanol–water partition coefficient (Wildman–Crippen LogP) is 0.758. The van der Waals surface area contributed by atoms with E-state index in [-0.39, 0.29) is 38.5 Å². The van der Waals surface area contributed by atoms with E-state index in [0.717, 1.165) is 4.90 Å². The van der Waals surface area contributed by atoms with Gasteiger partial charge in [-0.15, -0.1) is 0 Å². The Morgan fingerprint density at radius 1 is 1.37 bits per heavy atom. The van der Waals surface area contributed by atoms with Gasteiger partial charge in [-0.25, -0.2) is 0 Å². The highest BCUT2D eigenvalue weighted by Gasteiger charge is 2.64. The molecule has 2 fully saturated rings. The Hall–Kier alpha value is -0.820. The van der Waals surface area contributed by atoms with Gasteiger partial charge in [0.2, 0.25) is 5.91 Å². The number of alkyl halides is 3. The first-order valence-electron chi connectivity index (χ1n) is 6.42. The number of aliphatic hydroxyl groups is 1. The van der Waals surface area contributed by atoms with Gasteiger partial charge in [-0.3, -0.25) is 4.79 Å². The maximum absolute atomic E-state index is 13.2. The topological polar surface area (TPSA) is 52.6 Å². The van der Waals surface area contributed by atoms with Crippen molar-refractivity contribution in [1.29, 1.82) is 0 Å². The maximum atomic E-state index is 13.2. The lowest BCUT2D eigenvalue weighted by molar-refractivity contribution is -0.231. The second-order valence-corrected chi connectivity index (χ2v) is 5.93. The van der Waals surface area contributed by atoms with Crippen LogP contribution in [0.25, 0.3) is 0 Å². The van der Waals surface area contributed by atoms with Gasteiger partial charge >= 0.3 is 6.18 Å². The Bertz CT molecular complexity index is 370. The van der Waals surface area contributed by atoms with Gasteiger partial charge in [-0.05, 0) is 18.9 Å². The summed E-state index contributed by atoms with van der Waals surface area (Å²) in [6, 6.07) is 0. The number of carbonyl (C=O) groups excluding carboxylic acids is 1. The summed E-state index contributed by atoms with van der Waals surface area (Å²) in [5.41, 5.74) is -3.36. The molecule has 0 saturated carbocycles. The van der Waals surface area contributed by atoms with Crippen LogP contribution in [0.15, 0.2) is 0 Å². The van der Waals surface area contributed by atoms with Gasteiger partial charge in [0.15, 0.2) is 5.41 Å². The third-order valence-corrected chi connectivity index (χ3v) is 4.40. The fraction of sp³-hybridized carbons (Fsp3) is 0.917. The standard InChI is InChI=1S/C12H19F3N2O2/c1-8(2)11(19)6-17(7-11)9(18)10(12(13,14)15)3-4-16-5-10/h8,16,19H,3-7H2,1-2H3. The molecule has 0 aromatic heterocycles. The number of rotatable bonds is 2. The number of carbonyl (C=O) groups is 1. The van der Waals surface area contributed by atoms with E-state index in [1.54, 1.807) is 13.8 Å². The molecule has 0 aromatic carbocycles. The van der Waals surface area contributed by atoms with Crippen LogP contribution in [0.3, 0.4) is 0 Å². The second-order valence-electron chi connectivity index (χ2n) is 5.93. The number of halogens is 3. The van der Waals surface area contributed by atoms with Crippen LogP contribution in [0.2, 0.25) is 0 Å². The summed E-state index contributed by atoms with van der Waals surface area (Å²) in [7, 11) is 0. The van der Waals surface area contributed by atoms with E-state index in [0.29, 0.717) is 0 Å². The van der Waals surface area contributed by atoms with Crippen LogP contribution in [-0.2, 0) is 4.79 Å². The summed E-state index contributed by atoms with van der Waals surface area (Å²) < 4.78 is 39.6. The van der Waals surface area contributed by atoms with Crippen molar-refractivity contribution < 1.29 is 23.1 Å². The van der Waals surface area contributed by atoms with Gasteiger partial charge in [-0.2, -0.15) is 13.2 Å². The first-order valence-corrected chi connectivity index (χ1v) is 6.42. The molecule has 1 unspecified atom stereocenters. The zero-order valence-corrected chi connectivity index (χ0v) is 11.0. The van der Waals surface area contributed by atoms with Crippen LogP contribution >= 0.6 is 0 Å². The quantitative estimate of drug-likeness (QED) is 0.785. The molecule has 0 aromatic rings. The third kappa shape index (κ3) is 2.12. The predicted molar refractivity (Wildman–Crippen MR) is 62.3 cm³/mol. The van der Waals surface area contributed by atoms with Crippen LogP contribution in [0.5, 0.6) is 0 Å². The number of hydrogen-bond donors (Lipinski definition) is 2. The fourth-order valence-electron chi connectivity index (χ4n) is 2.66. The van der Waals surface area contributed by atoms with E-state index in [9.17, 15) is 23.1 Å². The molecule has 2 saturated heterocycles. The zero-order valence-electron chi connectivity index (χ0n) is 11.0. The molecule has 2 aliphatic rings. The van der Waals surface area contributed by atoms with Crippen molar-refractivity contribution in [2.24, 2.45) is 11.3 Å². The van der Waals surface area contributed by atoms with E-state index in [1.165, 1.54) is 0 Å². The number of amides is 1. The smallest absolute Gasteiger partial charge is 0.386 e. The van der Waals surface area contributed by atoms with Crippen molar-refractivity contribution in [3.63, 3.8) is 0 Å². The summed E-state index contributed by atoms with van der Waals surface area (Å²) in [5.74, 6) is -0.990. The van der Waals surface area contributed by atoms with Crippen LogP contribution in [0.1, 0.15) is 20.3 Å². The van der Waals surface area contributed by atoms with Gasteiger partial charge < -0.3 is 15.3 Å². The largest absolute Gasteiger partial charge is 0.404 e. The highest BCUT2D eigenvalue weighted by Crippen LogP contribution is 2.46. The Morgan fingerprint density at radius 2 is 1.95 bits per heavy atom. The van der Waals surface area contributed by atoms with Gasteiger partial charge in [0, 0.05) is 6.54 Å². The number of nitrogens with zero attached hydrogens (tertiary/aromatic N) is 1. The summed E-state index contributed by atoms with van der Waals surface area (Å²) in [5, 5.41) is 12.7. The molecule has 19 heavy (non-hydrogen) atoms. The minimum Gasteiger partial charge on any atom is -0.386 e. The van der Waals surface area contributed by atoms with E-state index >= 15 is 0 Å².